The molecule has 1 aromatic carbocycles. The molecule has 0 saturated heterocycles. The number of aromatic nitrogens is 2. The lowest BCUT2D eigenvalue weighted by atomic mass is 10.3. The van der Waals surface area contributed by atoms with E-state index in [-0.39, 0.29) is 18.5 Å². The van der Waals surface area contributed by atoms with Crippen LogP contribution in [0.5, 0.6) is 0 Å². The van der Waals surface area contributed by atoms with Crippen LogP contribution >= 0.6 is 0 Å². The van der Waals surface area contributed by atoms with Gasteiger partial charge in [0.1, 0.15) is 6.54 Å². The van der Waals surface area contributed by atoms with Crippen molar-refractivity contribution in [3.05, 3.63) is 54.4 Å². The molecule has 0 spiro atoms. The van der Waals surface area contributed by atoms with Gasteiger partial charge in [0, 0.05) is 23.9 Å². The van der Waals surface area contributed by atoms with Crippen molar-refractivity contribution in [3.8, 4) is 5.69 Å². The van der Waals surface area contributed by atoms with Crippen molar-refractivity contribution >= 4 is 18.0 Å². The van der Waals surface area contributed by atoms with Crippen molar-refractivity contribution in [2.75, 3.05) is 6.54 Å². The van der Waals surface area contributed by atoms with E-state index in [1.807, 2.05) is 36.5 Å². The normalized spacial score (nSPS) is 14.1. The number of carbonyl (C=O) groups excluding carboxylic acids is 1. The number of carboxylic acids is 1. The number of para-hydroxylation sites is 1. The van der Waals surface area contributed by atoms with Crippen LogP contribution in [0.15, 0.2) is 48.8 Å². The maximum atomic E-state index is 12.2. The minimum Gasteiger partial charge on any atom is -0.480 e. The number of nitrogens with zero attached hydrogens (tertiary/aromatic N) is 3. The number of hydrogen-bond acceptors (Lipinski definition) is 3. The second-order valence-corrected chi connectivity index (χ2v) is 5.48. The smallest absolute Gasteiger partial charge is 0.323 e. The van der Waals surface area contributed by atoms with Crippen molar-refractivity contribution in [3.63, 3.8) is 0 Å². The fourth-order valence-electron chi connectivity index (χ4n) is 2.33. The highest BCUT2D eigenvalue weighted by molar-refractivity contribution is 5.93. The first-order valence-electron chi connectivity index (χ1n) is 7.44. The zero-order chi connectivity index (χ0) is 16.2. The highest BCUT2D eigenvalue weighted by Crippen LogP contribution is 2.26. The van der Waals surface area contributed by atoms with E-state index in [0.29, 0.717) is 0 Å². The molecule has 1 fully saturated rings. The standard InChI is InChI=1S/C17H17N3O3/c21-16(19(12-17(22)23)14-7-8-14)9-6-13-10-18-20(11-13)15-4-2-1-3-5-15/h1-6,9-11,14H,7-8,12H2,(H,22,23)/b9-6+. The molecule has 6 nitrogen and oxygen atoms in total. The predicted octanol–water partition coefficient (Wildman–Crippen LogP) is 1.96. The fourth-order valence-corrected chi connectivity index (χ4v) is 2.33. The van der Waals surface area contributed by atoms with Crippen LogP contribution in [0.3, 0.4) is 0 Å². The molecule has 1 saturated carbocycles. The van der Waals surface area contributed by atoms with Gasteiger partial charge in [-0.1, -0.05) is 18.2 Å². The molecule has 2 aromatic rings. The van der Waals surface area contributed by atoms with E-state index in [2.05, 4.69) is 5.10 Å². The van der Waals surface area contributed by atoms with E-state index in [1.165, 1.54) is 11.0 Å². The number of carboxylic acid groups (broad SMARTS) is 1. The Morgan fingerprint density at radius 3 is 2.70 bits per heavy atom. The van der Waals surface area contributed by atoms with E-state index >= 15 is 0 Å². The van der Waals surface area contributed by atoms with E-state index in [1.54, 1.807) is 17.0 Å². The minimum atomic E-state index is -0.990. The molecule has 1 amide bonds. The largest absolute Gasteiger partial charge is 0.480 e. The lowest BCUT2D eigenvalue weighted by molar-refractivity contribution is -0.143. The average molecular weight is 311 g/mol. The molecule has 0 unspecified atom stereocenters. The molecule has 0 aliphatic heterocycles. The predicted molar refractivity (Wildman–Crippen MR) is 85.0 cm³/mol. The number of carbonyl (C=O) groups is 2. The van der Waals surface area contributed by atoms with Crippen molar-refractivity contribution in [2.45, 2.75) is 18.9 Å². The lowest BCUT2D eigenvalue weighted by Gasteiger charge is -2.17. The van der Waals surface area contributed by atoms with Crippen LogP contribution in [0, 0.1) is 0 Å². The number of rotatable bonds is 6. The van der Waals surface area contributed by atoms with E-state index < -0.39 is 5.97 Å². The third kappa shape index (κ3) is 3.85. The van der Waals surface area contributed by atoms with Crippen molar-refractivity contribution in [1.29, 1.82) is 0 Å². The van der Waals surface area contributed by atoms with Gasteiger partial charge >= 0.3 is 5.97 Å². The molecule has 0 radical (unpaired) electrons. The molecule has 1 N–H and O–H groups in total. The van der Waals surface area contributed by atoms with Gasteiger partial charge in [0.2, 0.25) is 5.91 Å². The zero-order valence-electron chi connectivity index (χ0n) is 12.5. The first kappa shape index (κ1) is 15.0. The van der Waals surface area contributed by atoms with Gasteiger partial charge in [-0.25, -0.2) is 4.68 Å². The van der Waals surface area contributed by atoms with Crippen molar-refractivity contribution < 1.29 is 14.7 Å². The van der Waals surface area contributed by atoms with Gasteiger partial charge in [-0.05, 0) is 31.1 Å². The van der Waals surface area contributed by atoms with Crippen LogP contribution in [0.4, 0.5) is 0 Å². The van der Waals surface area contributed by atoms with Gasteiger partial charge < -0.3 is 10.0 Å². The number of aliphatic carboxylic acids is 1. The Hall–Kier alpha value is -2.89. The summed E-state index contributed by atoms with van der Waals surface area (Å²) in [4.78, 5) is 24.4. The van der Waals surface area contributed by atoms with Crippen molar-refractivity contribution in [2.24, 2.45) is 0 Å². The maximum Gasteiger partial charge on any atom is 0.323 e. The summed E-state index contributed by atoms with van der Waals surface area (Å²) < 4.78 is 1.72. The number of amides is 1. The Kier molecular flexibility index (Phi) is 4.23. The summed E-state index contributed by atoms with van der Waals surface area (Å²) in [5, 5.41) is 13.1. The van der Waals surface area contributed by atoms with Crippen LogP contribution in [0.2, 0.25) is 0 Å². The zero-order valence-corrected chi connectivity index (χ0v) is 12.5. The summed E-state index contributed by atoms with van der Waals surface area (Å²) in [6.45, 7) is -0.253. The molecule has 1 aromatic heterocycles. The summed E-state index contributed by atoms with van der Waals surface area (Å²) in [6, 6.07) is 9.72. The maximum absolute atomic E-state index is 12.2. The first-order valence-corrected chi connectivity index (χ1v) is 7.44. The SMILES string of the molecule is O=C(O)CN(C(=O)/C=C/c1cnn(-c2ccccc2)c1)C1CC1. The number of hydrogen-bond donors (Lipinski definition) is 1. The Balaban J connectivity index is 1.69. The topological polar surface area (TPSA) is 75.4 Å². The van der Waals surface area contributed by atoms with Gasteiger partial charge in [0.25, 0.3) is 0 Å². The van der Waals surface area contributed by atoms with Crippen LogP contribution in [0.25, 0.3) is 11.8 Å². The first-order chi connectivity index (χ1) is 11.1. The molecule has 1 aliphatic rings. The van der Waals surface area contributed by atoms with Crippen LogP contribution in [-0.4, -0.2) is 44.3 Å². The highest BCUT2D eigenvalue weighted by atomic mass is 16.4. The summed E-state index contributed by atoms with van der Waals surface area (Å²) >= 11 is 0. The average Bonchev–Trinajstić information content (AvgIpc) is 3.28. The summed E-state index contributed by atoms with van der Waals surface area (Å²) in [7, 11) is 0. The van der Waals surface area contributed by atoms with Gasteiger partial charge in [-0.3, -0.25) is 9.59 Å². The Labute approximate surface area is 133 Å². The lowest BCUT2D eigenvalue weighted by Crippen LogP contribution is -2.36. The van der Waals surface area contributed by atoms with E-state index in [0.717, 1.165) is 24.1 Å². The summed E-state index contributed by atoms with van der Waals surface area (Å²) in [5.41, 5.74) is 1.72. The second kappa shape index (κ2) is 6.48. The highest BCUT2D eigenvalue weighted by Gasteiger charge is 2.32. The van der Waals surface area contributed by atoms with Crippen LogP contribution < -0.4 is 0 Å². The molecule has 6 heteroatoms. The molecular formula is C17H17N3O3. The Morgan fingerprint density at radius 2 is 2.04 bits per heavy atom. The van der Waals surface area contributed by atoms with Crippen LogP contribution in [-0.2, 0) is 9.59 Å². The summed E-state index contributed by atoms with van der Waals surface area (Å²) in [6.07, 6.45) is 8.30. The Morgan fingerprint density at radius 1 is 1.30 bits per heavy atom. The monoisotopic (exact) mass is 311 g/mol. The molecular weight excluding hydrogens is 294 g/mol. The molecule has 118 valence electrons. The Bertz CT molecular complexity index is 733. The molecule has 3 rings (SSSR count). The van der Waals surface area contributed by atoms with Gasteiger partial charge in [0.05, 0.1) is 11.9 Å². The molecule has 1 aliphatic carbocycles. The fraction of sp³-hybridized carbons (Fsp3) is 0.235. The molecule has 0 atom stereocenters. The molecule has 0 bridgehead atoms. The third-order valence-corrected chi connectivity index (χ3v) is 3.62. The minimum absolute atomic E-state index is 0.0651. The van der Waals surface area contributed by atoms with E-state index in [9.17, 15) is 9.59 Å². The molecule has 1 heterocycles. The molecule has 23 heavy (non-hydrogen) atoms. The number of benzene rings is 1. The van der Waals surface area contributed by atoms with Gasteiger partial charge in [-0.15, -0.1) is 0 Å². The van der Waals surface area contributed by atoms with Gasteiger partial charge in [0.15, 0.2) is 0 Å². The van der Waals surface area contributed by atoms with Crippen LogP contribution in [0.1, 0.15) is 18.4 Å². The van der Waals surface area contributed by atoms with Gasteiger partial charge in [-0.2, -0.15) is 5.10 Å². The third-order valence-electron chi connectivity index (χ3n) is 3.62. The summed E-state index contributed by atoms with van der Waals surface area (Å²) in [5.74, 6) is -1.27. The quantitative estimate of drug-likeness (QED) is 0.828. The van der Waals surface area contributed by atoms with E-state index in [4.69, 9.17) is 5.11 Å². The second-order valence-electron chi connectivity index (χ2n) is 5.48. The van der Waals surface area contributed by atoms with Crippen molar-refractivity contribution in [1.82, 2.24) is 14.7 Å².